The Labute approximate surface area is 177 Å². The number of fused-ring (bicyclic) bond motifs is 1. The summed E-state index contributed by atoms with van der Waals surface area (Å²) >= 11 is 0. The molecule has 0 spiro atoms. The SMILES string of the molecule is Cc1cc(-c2ccc(S(=O)(=O)N3CCCCC3)cc2)nc2cc(OCCO)ccc12. The van der Waals surface area contributed by atoms with Crippen molar-refractivity contribution in [2.45, 2.75) is 31.1 Å². The maximum atomic E-state index is 12.9. The number of hydrogen-bond donors (Lipinski definition) is 1. The predicted molar refractivity (Wildman–Crippen MR) is 117 cm³/mol. The number of aromatic nitrogens is 1. The van der Waals surface area contributed by atoms with Crippen LogP contribution in [0.2, 0.25) is 0 Å². The fraction of sp³-hybridized carbons (Fsp3) is 0.348. The van der Waals surface area contributed by atoms with Crippen LogP contribution in [-0.4, -0.2) is 49.1 Å². The third-order valence-electron chi connectivity index (χ3n) is 5.45. The Balaban J connectivity index is 1.64. The summed E-state index contributed by atoms with van der Waals surface area (Å²) in [6.45, 7) is 3.40. The van der Waals surface area contributed by atoms with Crippen LogP contribution >= 0.6 is 0 Å². The van der Waals surface area contributed by atoms with E-state index in [1.165, 1.54) is 0 Å². The smallest absolute Gasteiger partial charge is 0.243 e. The van der Waals surface area contributed by atoms with Crippen LogP contribution in [0.15, 0.2) is 53.4 Å². The van der Waals surface area contributed by atoms with Gasteiger partial charge in [-0.25, -0.2) is 13.4 Å². The molecule has 1 aromatic heterocycles. The highest BCUT2D eigenvalue weighted by atomic mass is 32.2. The molecule has 0 bridgehead atoms. The van der Waals surface area contributed by atoms with E-state index in [9.17, 15) is 8.42 Å². The quantitative estimate of drug-likeness (QED) is 0.649. The average Bonchev–Trinajstić information content (AvgIpc) is 2.78. The standard InChI is InChI=1S/C23H26N2O4S/c1-17-15-22(24-23-16-19(29-14-13-26)7-10-21(17)23)18-5-8-20(9-6-18)30(27,28)25-11-3-2-4-12-25/h5-10,15-16,26H,2-4,11-14H2,1H3. The van der Waals surface area contributed by atoms with Crippen LogP contribution in [0, 0.1) is 6.92 Å². The minimum absolute atomic E-state index is 0.0444. The van der Waals surface area contributed by atoms with Gasteiger partial charge >= 0.3 is 0 Å². The third kappa shape index (κ3) is 4.19. The first-order valence-electron chi connectivity index (χ1n) is 10.2. The van der Waals surface area contributed by atoms with Gasteiger partial charge in [-0.2, -0.15) is 4.31 Å². The van der Waals surface area contributed by atoms with Gasteiger partial charge in [0.25, 0.3) is 0 Å². The lowest BCUT2D eigenvalue weighted by Crippen LogP contribution is -2.35. The number of pyridine rings is 1. The average molecular weight is 427 g/mol. The summed E-state index contributed by atoms with van der Waals surface area (Å²) in [6, 6.07) is 14.7. The molecule has 0 unspecified atom stereocenters. The summed E-state index contributed by atoms with van der Waals surface area (Å²) in [5.74, 6) is 0.656. The molecule has 6 nitrogen and oxygen atoms in total. The molecule has 1 fully saturated rings. The number of hydrogen-bond acceptors (Lipinski definition) is 5. The van der Waals surface area contributed by atoms with Crippen molar-refractivity contribution in [2.24, 2.45) is 0 Å². The lowest BCUT2D eigenvalue weighted by Gasteiger charge is -2.25. The van der Waals surface area contributed by atoms with E-state index >= 15 is 0 Å². The molecule has 1 aliphatic heterocycles. The van der Waals surface area contributed by atoms with Crippen LogP contribution in [0.1, 0.15) is 24.8 Å². The molecular weight excluding hydrogens is 400 g/mol. The number of ether oxygens (including phenoxy) is 1. The second-order valence-electron chi connectivity index (χ2n) is 7.56. The summed E-state index contributed by atoms with van der Waals surface area (Å²) in [5, 5.41) is 9.98. The zero-order valence-electron chi connectivity index (χ0n) is 17.0. The lowest BCUT2D eigenvalue weighted by atomic mass is 10.0. The Morgan fingerprint density at radius 3 is 2.47 bits per heavy atom. The first-order chi connectivity index (χ1) is 14.5. The van der Waals surface area contributed by atoms with Gasteiger partial charge in [0.15, 0.2) is 0 Å². The Morgan fingerprint density at radius 2 is 1.77 bits per heavy atom. The minimum Gasteiger partial charge on any atom is -0.491 e. The van der Waals surface area contributed by atoms with Crippen LogP contribution in [0.4, 0.5) is 0 Å². The van der Waals surface area contributed by atoms with E-state index in [0.29, 0.717) is 23.7 Å². The van der Waals surface area contributed by atoms with Gasteiger partial charge in [-0.05, 0) is 55.7 Å². The molecule has 4 rings (SSSR count). The molecule has 0 radical (unpaired) electrons. The molecule has 1 N–H and O–H groups in total. The molecule has 0 aliphatic carbocycles. The number of rotatable bonds is 6. The number of aliphatic hydroxyl groups excluding tert-OH is 1. The maximum Gasteiger partial charge on any atom is 0.243 e. The number of aryl methyl sites for hydroxylation is 1. The normalized spacial score (nSPS) is 15.4. The second kappa shape index (κ2) is 8.71. The van der Waals surface area contributed by atoms with Crippen LogP contribution in [0.25, 0.3) is 22.2 Å². The number of piperidine rings is 1. The predicted octanol–water partition coefficient (Wildman–Crippen LogP) is 3.76. The van der Waals surface area contributed by atoms with Gasteiger partial charge in [-0.3, -0.25) is 0 Å². The van der Waals surface area contributed by atoms with Crippen molar-refractivity contribution in [1.29, 1.82) is 0 Å². The van der Waals surface area contributed by atoms with Crippen molar-refractivity contribution in [3.8, 4) is 17.0 Å². The van der Waals surface area contributed by atoms with Gasteiger partial charge in [0.2, 0.25) is 10.0 Å². The van der Waals surface area contributed by atoms with Crippen LogP contribution in [-0.2, 0) is 10.0 Å². The molecule has 0 saturated carbocycles. The van der Waals surface area contributed by atoms with Crippen molar-refractivity contribution >= 4 is 20.9 Å². The lowest BCUT2D eigenvalue weighted by molar-refractivity contribution is 0.201. The fourth-order valence-corrected chi connectivity index (χ4v) is 5.35. The van der Waals surface area contributed by atoms with Gasteiger partial charge in [-0.1, -0.05) is 18.6 Å². The molecule has 2 heterocycles. The third-order valence-corrected chi connectivity index (χ3v) is 7.36. The largest absolute Gasteiger partial charge is 0.491 e. The van der Waals surface area contributed by atoms with E-state index in [-0.39, 0.29) is 13.2 Å². The summed E-state index contributed by atoms with van der Waals surface area (Å²) in [6.07, 6.45) is 2.92. The zero-order chi connectivity index (χ0) is 21.1. The maximum absolute atomic E-state index is 12.9. The minimum atomic E-state index is -3.44. The van der Waals surface area contributed by atoms with Crippen LogP contribution in [0.3, 0.4) is 0 Å². The van der Waals surface area contributed by atoms with E-state index in [2.05, 4.69) is 0 Å². The Hall–Kier alpha value is -2.48. The topological polar surface area (TPSA) is 79.7 Å². The molecule has 1 saturated heterocycles. The van der Waals surface area contributed by atoms with Gasteiger partial charge in [0, 0.05) is 30.1 Å². The summed E-state index contributed by atoms with van der Waals surface area (Å²) in [7, 11) is -3.44. The summed E-state index contributed by atoms with van der Waals surface area (Å²) in [4.78, 5) is 5.08. The molecule has 2 aromatic carbocycles. The molecule has 3 aromatic rings. The van der Waals surface area contributed by atoms with E-state index in [1.807, 2.05) is 43.3 Å². The molecule has 1 aliphatic rings. The van der Waals surface area contributed by atoms with Crippen LogP contribution < -0.4 is 4.74 Å². The number of nitrogens with zero attached hydrogens (tertiary/aromatic N) is 2. The Morgan fingerprint density at radius 1 is 1.03 bits per heavy atom. The highest BCUT2D eigenvalue weighted by Crippen LogP contribution is 2.28. The second-order valence-corrected chi connectivity index (χ2v) is 9.50. The monoisotopic (exact) mass is 426 g/mol. The van der Waals surface area contributed by atoms with Crippen molar-refractivity contribution in [2.75, 3.05) is 26.3 Å². The van der Waals surface area contributed by atoms with Gasteiger partial charge < -0.3 is 9.84 Å². The molecule has 7 heteroatoms. The van der Waals surface area contributed by atoms with E-state index < -0.39 is 10.0 Å². The first kappa shape index (κ1) is 20.8. The van der Waals surface area contributed by atoms with Gasteiger partial charge in [0.1, 0.15) is 12.4 Å². The van der Waals surface area contributed by atoms with E-state index in [0.717, 1.165) is 47.0 Å². The molecular formula is C23H26N2O4S. The number of benzene rings is 2. The highest BCUT2D eigenvalue weighted by molar-refractivity contribution is 7.89. The molecule has 0 amide bonds. The molecule has 0 atom stereocenters. The van der Waals surface area contributed by atoms with Crippen molar-refractivity contribution < 1.29 is 18.3 Å². The van der Waals surface area contributed by atoms with Crippen molar-refractivity contribution in [1.82, 2.24) is 9.29 Å². The van der Waals surface area contributed by atoms with Gasteiger partial charge in [-0.15, -0.1) is 0 Å². The van der Waals surface area contributed by atoms with Crippen molar-refractivity contribution in [3.05, 3.63) is 54.1 Å². The zero-order valence-corrected chi connectivity index (χ0v) is 17.9. The van der Waals surface area contributed by atoms with Crippen molar-refractivity contribution in [3.63, 3.8) is 0 Å². The summed E-state index contributed by atoms with van der Waals surface area (Å²) in [5.41, 5.74) is 3.51. The fourth-order valence-electron chi connectivity index (χ4n) is 3.84. The summed E-state index contributed by atoms with van der Waals surface area (Å²) < 4.78 is 32.8. The molecule has 158 valence electrons. The van der Waals surface area contributed by atoms with E-state index in [4.69, 9.17) is 14.8 Å². The molecule has 30 heavy (non-hydrogen) atoms. The van der Waals surface area contributed by atoms with Gasteiger partial charge in [0.05, 0.1) is 22.7 Å². The number of aliphatic hydroxyl groups is 1. The number of sulfonamides is 1. The Bertz CT molecular complexity index is 1140. The van der Waals surface area contributed by atoms with E-state index in [1.54, 1.807) is 16.4 Å². The van der Waals surface area contributed by atoms with Crippen LogP contribution in [0.5, 0.6) is 5.75 Å². The Kier molecular flexibility index (Phi) is 6.04. The highest BCUT2D eigenvalue weighted by Gasteiger charge is 2.25. The first-order valence-corrected chi connectivity index (χ1v) is 11.7.